The standard InChI is InChI=1S/C11H16BrNO2/c1-13(2)7-8-5-10(14-3)11(15-4)6-9(8)12/h5-6H,7H2,1-4H3. The molecule has 0 amide bonds. The number of benzene rings is 1. The Labute approximate surface area is 99.1 Å². The Morgan fingerprint density at radius 1 is 1.13 bits per heavy atom. The van der Waals surface area contributed by atoms with Crippen LogP contribution in [0.1, 0.15) is 5.56 Å². The van der Waals surface area contributed by atoms with Crippen molar-refractivity contribution in [2.75, 3.05) is 28.3 Å². The van der Waals surface area contributed by atoms with Crippen molar-refractivity contribution in [3.05, 3.63) is 22.2 Å². The summed E-state index contributed by atoms with van der Waals surface area (Å²) in [5.41, 5.74) is 1.18. The molecule has 0 spiro atoms. The van der Waals surface area contributed by atoms with E-state index in [1.54, 1.807) is 14.2 Å². The lowest BCUT2D eigenvalue weighted by molar-refractivity contribution is 0.351. The first kappa shape index (κ1) is 12.3. The molecule has 1 aromatic rings. The van der Waals surface area contributed by atoms with Crippen molar-refractivity contribution >= 4 is 15.9 Å². The fourth-order valence-electron chi connectivity index (χ4n) is 1.36. The second kappa shape index (κ2) is 5.37. The van der Waals surface area contributed by atoms with E-state index in [2.05, 4.69) is 20.8 Å². The van der Waals surface area contributed by atoms with Gasteiger partial charge in [0.2, 0.25) is 0 Å². The van der Waals surface area contributed by atoms with Crippen LogP contribution in [0.15, 0.2) is 16.6 Å². The molecule has 0 bridgehead atoms. The van der Waals surface area contributed by atoms with Crippen LogP contribution in [-0.4, -0.2) is 33.2 Å². The summed E-state index contributed by atoms with van der Waals surface area (Å²) in [4.78, 5) is 2.10. The van der Waals surface area contributed by atoms with E-state index in [1.165, 1.54) is 5.56 Å². The van der Waals surface area contributed by atoms with Crippen molar-refractivity contribution < 1.29 is 9.47 Å². The highest BCUT2D eigenvalue weighted by atomic mass is 79.9. The molecule has 0 aliphatic heterocycles. The fourth-order valence-corrected chi connectivity index (χ4v) is 1.81. The molecule has 0 N–H and O–H groups in total. The van der Waals surface area contributed by atoms with Gasteiger partial charge in [0, 0.05) is 11.0 Å². The van der Waals surface area contributed by atoms with Crippen molar-refractivity contribution in [2.45, 2.75) is 6.54 Å². The Morgan fingerprint density at radius 3 is 2.13 bits per heavy atom. The van der Waals surface area contributed by atoms with Gasteiger partial charge in [-0.25, -0.2) is 0 Å². The van der Waals surface area contributed by atoms with Gasteiger partial charge in [0.15, 0.2) is 11.5 Å². The summed E-state index contributed by atoms with van der Waals surface area (Å²) in [6.07, 6.45) is 0. The lowest BCUT2D eigenvalue weighted by Crippen LogP contribution is -2.11. The monoisotopic (exact) mass is 273 g/mol. The first-order valence-electron chi connectivity index (χ1n) is 4.63. The fraction of sp³-hybridized carbons (Fsp3) is 0.455. The maximum Gasteiger partial charge on any atom is 0.161 e. The lowest BCUT2D eigenvalue weighted by atomic mass is 10.2. The third-order valence-electron chi connectivity index (χ3n) is 2.04. The Bertz CT molecular complexity index is 340. The summed E-state index contributed by atoms with van der Waals surface area (Å²) in [5, 5.41) is 0. The molecule has 1 aromatic carbocycles. The smallest absolute Gasteiger partial charge is 0.161 e. The highest BCUT2D eigenvalue weighted by molar-refractivity contribution is 9.10. The van der Waals surface area contributed by atoms with Crippen LogP contribution in [0.4, 0.5) is 0 Å². The van der Waals surface area contributed by atoms with Crippen LogP contribution in [-0.2, 0) is 6.54 Å². The Kier molecular flexibility index (Phi) is 4.42. The molecule has 0 radical (unpaired) electrons. The van der Waals surface area contributed by atoms with Crippen molar-refractivity contribution in [1.82, 2.24) is 4.90 Å². The van der Waals surface area contributed by atoms with Crippen molar-refractivity contribution in [3.63, 3.8) is 0 Å². The molecule has 3 nitrogen and oxygen atoms in total. The van der Waals surface area contributed by atoms with E-state index in [1.807, 2.05) is 26.2 Å². The van der Waals surface area contributed by atoms with Crippen LogP contribution >= 0.6 is 15.9 Å². The molecule has 0 aliphatic rings. The van der Waals surface area contributed by atoms with Crippen LogP contribution in [0.5, 0.6) is 11.5 Å². The molecule has 0 atom stereocenters. The van der Waals surface area contributed by atoms with Crippen LogP contribution in [0, 0.1) is 0 Å². The van der Waals surface area contributed by atoms with Crippen LogP contribution < -0.4 is 9.47 Å². The molecule has 0 heterocycles. The van der Waals surface area contributed by atoms with Gasteiger partial charge in [-0.15, -0.1) is 0 Å². The predicted molar refractivity (Wildman–Crippen MR) is 64.6 cm³/mol. The van der Waals surface area contributed by atoms with Gasteiger partial charge in [-0.05, 0) is 31.8 Å². The molecular formula is C11H16BrNO2. The Hall–Kier alpha value is -0.740. The number of methoxy groups -OCH3 is 2. The number of rotatable bonds is 4. The summed E-state index contributed by atoms with van der Waals surface area (Å²) in [5.74, 6) is 1.50. The molecule has 0 saturated carbocycles. The normalized spacial score (nSPS) is 10.5. The van der Waals surface area contributed by atoms with Crippen molar-refractivity contribution in [2.24, 2.45) is 0 Å². The molecule has 0 unspecified atom stereocenters. The number of halogens is 1. The van der Waals surface area contributed by atoms with Gasteiger partial charge >= 0.3 is 0 Å². The highest BCUT2D eigenvalue weighted by Gasteiger charge is 2.09. The molecule has 15 heavy (non-hydrogen) atoms. The van der Waals surface area contributed by atoms with Gasteiger partial charge in [0.1, 0.15) is 0 Å². The molecular weight excluding hydrogens is 258 g/mol. The average Bonchev–Trinajstić information content (AvgIpc) is 2.19. The van der Waals surface area contributed by atoms with Gasteiger partial charge in [-0.2, -0.15) is 0 Å². The van der Waals surface area contributed by atoms with E-state index in [0.717, 1.165) is 22.5 Å². The number of hydrogen-bond acceptors (Lipinski definition) is 3. The number of hydrogen-bond donors (Lipinski definition) is 0. The molecule has 84 valence electrons. The SMILES string of the molecule is COc1cc(Br)c(CN(C)C)cc1OC. The summed E-state index contributed by atoms with van der Waals surface area (Å²) in [6, 6.07) is 3.92. The third-order valence-corrected chi connectivity index (χ3v) is 2.78. The van der Waals surface area contributed by atoms with Gasteiger partial charge in [0.25, 0.3) is 0 Å². The van der Waals surface area contributed by atoms with Gasteiger partial charge in [-0.3, -0.25) is 0 Å². The minimum Gasteiger partial charge on any atom is -0.493 e. The zero-order chi connectivity index (χ0) is 11.4. The van der Waals surface area contributed by atoms with Crippen molar-refractivity contribution in [3.8, 4) is 11.5 Å². The van der Waals surface area contributed by atoms with Gasteiger partial charge in [-0.1, -0.05) is 15.9 Å². The van der Waals surface area contributed by atoms with E-state index in [-0.39, 0.29) is 0 Å². The molecule has 4 heteroatoms. The van der Waals surface area contributed by atoms with Crippen LogP contribution in [0.3, 0.4) is 0 Å². The zero-order valence-corrected chi connectivity index (χ0v) is 11.1. The second-order valence-corrected chi connectivity index (χ2v) is 4.39. The highest BCUT2D eigenvalue weighted by Crippen LogP contribution is 2.33. The number of ether oxygens (including phenoxy) is 2. The molecule has 1 rings (SSSR count). The third kappa shape index (κ3) is 3.11. The van der Waals surface area contributed by atoms with E-state index in [9.17, 15) is 0 Å². The van der Waals surface area contributed by atoms with E-state index < -0.39 is 0 Å². The van der Waals surface area contributed by atoms with Gasteiger partial charge < -0.3 is 14.4 Å². The average molecular weight is 274 g/mol. The lowest BCUT2D eigenvalue weighted by Gasteiger charge is -2.14. The summed E-state index contributed by atoms with van der Waals surface area (Å²) >= 11 is 3.52. The zero-order valence-electron chi connectivity index (χ0n) is 9.50. The molecule has 0 aromatic heterocycles. The largest absolute Gasteiger partial charge is 0.493 e. The maximum atomic E-state index is 5.25. The molecule has 0 fully saturated rings. The number of nitrogens with zero attached hydrogens (tertiary/aromatic N) is 1. The Balaban J connectivity index is 3.08. The molecule has 0 aliphatic carbocycles. The minimum atomic E-state index is 0.742. The second-order valence-electron chi connectivity index (χ2n) is 3.54. The summed E-state index contributed by atoms with van der Waals surface area (Å²) < 4.78 is 11.5. The van der Waals surface area contributed by atoms with Gasteiger partial charge in [0.05, 0.1) is 14.2 Å². The van der Waals surface area contributed by atoms with Crippen LogP contribution in [0.2, 0.25) is 0 Å². The van der Waals surface area contributed by atoms with Crippen molar-refractivity contribution in [1.29, 1.82) is 0 Å². The quantitative estimate of drug-likeness (QED) is 0.842. The summed E-state index contributed by atoms with van der Waals surface area (Å²) in [6.45, 7) is 0.862. The maximum absolute atomic E-state index is 5.25. The topological polar surface area (TPSA) is 21.7 Å². The first-order valence-corrected chi connectivity index (χ1v) is 5.43. The Morgan fingerprint density at radius 2 is 1.67 bits per heavy atom. The van der Waals surface area contributed by atoms with E-state index in [0.29, 0.717) is 0 Å². The molecule has 0 saturated heterocycles. The van der Waals surface area contributed by atoms with E-state index >= 15 is 0 Å². The minimum absolute atomic E-state index is 0.742. The summed E-state index contributed by atoms with van der Waals surface area (Å²) in [7, 11) is 7.34. The predicted octanol–water partition coefficient (Wildman–Crippen LogP) is 2.53. The first-order chi connectivity index (χ1) is 7.08. The van der Waals surface area contributed by atoms with Crippen LogP contribution in [0.25, 0.3) is 0 Å². The van der Waals surface area contributed by atoms with E-state index in [4.69, 9.17) is 9.47 Å².